The minimum atomic E-state index is -0.324. The van der Waals surface area contributed by atoms with Crippen molar-refractivity contribution in [2.75, 3.05) is 10.6 Å². The number of carbonyl (C=O) groups excluding carboxylic acids is 1. The van der Waals surface area contributed by atoms with E-state index in [1.165, 1.54) is 7.11 Å². The van der Waals surface area contributed by atoms with Crippen LogP contribution in [0.25, 0.3) is 0 Å². The van der Waals surface area contributed by atoms with Crippen LogP contribution in [0.15, 0.2) is 24.3 Å². The van der Waals surface area contributed by atoms with Gasteiger partial charge in [0.25, 0.3) is 0 Å². The van der Waals surface area contributed by atoms with Gasteiger partial charge in [0.1, 0.15) is 0 Å². The van der Waals surface area contributed by atoms with Gasteiger partial charge in [0.2, 0.25) is 0 Å². The number of anilines is 1. The van der Waals surface area contributed by atoms with Gasteiger partial charge in [-0.05, 0) is 12.1 Å². The fraction of sp³-hybridized carbons (Fsp3) is 0.125. The van der Waals surface area contributed by atoms with Crippen LogP contribution in [-0.4, -0.2) is 13.1 Å². The summed E-state index contributed by atoms with van der Waals surface area (Å²) in [5.41, 5.74) is 1.32. The Labute approximate surface area is 84.6 Å². The second-order valence-electron chi connectivity index (χ2n) is 2.13. The van der Waals surface area contributed by atoms with Crippen molar-refractivity contribution in [2.24, 2.45) is 0 Å². The van der Waals surface area contributed by atoms with Crippen LogP contribution in [0.1, 0.15) is 10.4 Å². The molecule has 0 aromatic heterocycles. The molecule has 1 rings (SSSR count). The number of rotatable bonds is 2. The number of halogens is 1. The first-order valence-electron chi connectivity index (χ1n) is 3.33. The van der Waals surface area contributed by atoms with Crippen LogP contribution < -0.4 is 3.53 Å². The van der Waals surface area contributed by atoms with Gasteiger partial charge in [0, 0.05) is 0 Å². The fourth-order valence-corrected chi connectivity index (χ4v) is 1.32. The van der Waals surface area contributed by atoms with Crippen molar-refractivity contribution in [1.29, 1.82) is 0 Å². The summed E-state index contributed by atoms with van der Waals surface area (Å²) in [6.45, 7) is 0. The summed E-state index contributed by atoms with van der Waals surface area (Å²) in [6.07, 6.45) is 0. The molecule has 0 atom stereocenters. The van der Waals surface area contributed by atoms with Gasteiger partial charge in [-0.3, -0.25) is 0 Å². The molecule has 3 nitrogen and oxygen atoms in total. The number of esters is 1. The Bertz CT molecular complexity index is 288. The zero-order chi connectivity index (χ0) is 8.97. The second-order valence-corrected chi connectivity index (χ2v) is 2.67. The molecule has 0 heterocycles. The Hall–Kier alpha value is -0.780. The molecule has 1 aromatic rings. The minimum absolute atomic E-state index is 0.324. The standard InChI is InChI=1S/C8H8INO2/c1-12-8(11)6-4-2-3-5-7(6)10-9/h2-5,10H,1H3. The Morgan fingerprint density at radius 2 is 2.17 bits per heavy atom. The van der Waals surface area contributed by atoms with Crippen LogP contribution in [0.4, 0.5) is 5.69 Å². The highest BCUT2D eigenvalue weighted by atomic mass is 127. The lowest BCUT2D eigenvalue weighted by Crippen LogP contribution is -2.03. The lowest BCUT2D eigenvalue weighted by molar-refractivity contribution is 0.0602. The van der Waals surface area contributed by atoms with E-state index in [2.05, 4.69) is 8.27 Å². The minimum Gasteiger partial charge on any atom is -0.465 e. The maximum atomic E-state index is 11.1. The van der Waals surface area contributed by atoms with Crippen molar-refractivity contribution in [3.8, 4) is 0 Å². The van der Waals surface area contributed by atoms with Crippen LogP contribution in [0.5, 0.6) is 0 Å². The molecular formula is C8H8INO2. The number of para-hydroxylation sites is 1. The van der Waals surface area contributed by atoms with Gasteiger partial charge in [-0.15, -0.1) is 0 Å². The van der Waals surface area contributed by atoms with E-state index in [1.54, 1.807) is 12.1 Å². The van der Waals surface area contributed by atoms with E-state index in [9.17, 15) is 4.79 Å². The van der Waals surface area contributed by atoms with Crippen LogP contribution >= 0.6 is 22.9 Å². The third-order valence-corrected chi connectivity index (χ3v) is 2.02. The van der Waals surface area contributed by atoms with E-state index in [-0.39, 0.29) is 5.97 Å². The highest BCUT2D eigenvalue weighted by Crippen LogP contribution is 2.16. The second kappa shape index (κ2) is 4.30. The summed E-state index contributed by atoms with van der Waals surface area (Å²) in [5.74, 6) is -0.324. The summed E-state index contributed by atoms with van der Waals surface area (Å²) in [4.78, 5) is 11.1. The third-order valence-electron chi connectivity index (χ3n) is 1.43. The molecule has 0 bridgehead atoms. The Morgan fingerprint density at radius 3 is 2.75 bits per heavy atom. The molecule has 0 unspecified atom stereocenters. The molecule has 12 heavy (non-hydrogen) atoms. The topological polar surface area (TPSA) is 38.3 Å². The molecule has 0 aliphatic rings. The van der Waals surface area contributed by atoms with Gasteiger partial charge in [0.05, 0.1) is 41.2 Å². The fourth-order valence-electron chi connectivity index (χ4n) is 0.853. The van der Waals surface area contributed by atoms with E-state index in [4.69, 9.17) is 0 Å². The van der Waals surface area contributed by atoms with Crippen molar-refractivity contribution < 1.29 is 9.53 Å². The average molecular weight is 277 g/mol. The smallest absolute Gasteiger partial charge is 0.339 e. The zero-order valence-electron chi connectivity index (χ0n) is 6.50. The number of carbonyl (C=O) groups is 1. The molecule has 1 aromatic carbocycles. The van der Waals surface area contributed by atoms with Crippen LogP contribution in [0, 0.1) is 0 Å². The summed E-state index contributed by atoms with van der Waals surface area (Å²) in [6, 6.07) is 7.18. The van der Waals surface area contributed by atoms with Crippen molar-refractivity contribution in [1.82, 2.24) is 0 Å². The number of ether oxygens (including phenoxy) is 1. The van der Waals surface area contributed by atoms with Gasteiger partial charge >= 0.3 is 5.97 Å². The molecule has 0 amide bonds. The lowest BCUT2D eigenvalue weighted by atomic mass is 10.2. The van der Waals surface area contributed by atoms with Crippen molar-refractivity contribution in [3.05, 3.63) is 29.8 Å². The van der Waals surface area contributed by atoms with E-state index < -0.39 is 0 Å². The molecule has 0 fully saturated rings. The first kappa shape index (κ1) is 9.31. The van der Waals surface area contributed by atoms with Crippen molar-refractivity contribution in [2.45, 2.75) is 0 Å². The van der Waals surface area contributed by atoms with Gasteiger partial charge in [-0.1, -0.05) is 12.1 Å². The summed E-state index contributed by atoms with van der Waals surface area (Å²) < 4.78 is 7.48. The van der Waals surface area contributed by atoms with Crippen molar-refractivity contribution in [3.63, 3.8) is 0 Å². The summed E-state index contributed by atoms with van der Waals surface area (Å²) >= 11 is 1.97. The largest absolute Gasteiger partial charge is 0.465 e. The number of nitrogens with one attached hydrogen (secondary N) is 1. The number of benzene rings is 1. The first-order valence-corrected chi connectivity index (χ1v) is 4.41. The van der Waals surface area contributed by atoms with Gasteiger partial charge in [-0.2, -0.15) is 0 Å². The van der Waals surface area contributed by atoms with E-state index >= 15 is 0 Å². The molecular weight excluding hydrogens is 269 g/mol. The highest BCUT2D eigenvalue weighted by Gasteiger charge is 2.08. The summed E-state index contributed by atoms with van der Waals surface area (Å²) in [7, 11) is 1.37. The molecule has 0 aliphatic heterocycles. The Balaban J connectivity index is 3.04. The molecule has 0 spiro atoms. The van der Waals surface area contributed by atoms with Gasteiger partial charge in [-0.25, -0.2) is 4.79 Å². The number of hydrogen-bond donors (Lipinski definition) is 1. The number of methoxy groups -OCH3 is 1. The van der Waals surface area contributed by atoms with E-state index in [1.807, 2.05) is 35.0 Å². The van der Waals surface area contributed by atoms with E-state index in [0.29, 0.717) is 5.56 Å². The highest BCUT2D eigenvalue weighted by molar-refractivity contribution is 14.1. The van der Waals surface area contributed by atoms with E-state index in [0.717, 1.165) is 5.69 Å². The third kappa shape index (κ3) is 1.88. The van der Waals surface area contributed by atoms with Gasteiger partial charge < -0.3 is 8.27 Å². The lowest BCUT2D eigenvalue weighted by Gasteiger charge is -2.04. The maximum Gasteiger partial charge on any atom is 0.339 e. The van der Waals surface area contributed by atoms with Crippen molar-refractivity contribution >= 4 is 34.5 Å². The Kier molecular flexibility index (Phi) is 3.33. The maximum absolute atomic E-state index is 11.1. The SMILES string of the molecule is COC(=O)c1ccccc1NI. The zero-order valence-corrected chi connectivity index (χ0v) is 8.66. The molecule has 4 heteroatoms. The molecule has 64 valence electrons. The molecule has 0 aliphatic carbocycles. The normalized spacial score (nSPS) is 9.17. The number of hydrogen-bond acceptors (Lipinski definition) is 3. The predicted molar refractivity (Wildman–Crippen MR) is 55.4 cm³/mol. The molecule has 1 N–H and O–H groups in total. The van der Waals surface area contributed by atoms with Crippen LogP contribution in [0.3, 0.4) is 0 Å². The monoisotopic (exact) mass is 277 g/mol. The molecule has 0 radical (unpaired) electrons. The summed E-state index contributed by atoms with van der Waals surface area (Å²) in [5, 5.41) is 0. The average Bonchev–Trinajstić information content (AvgIpc) is 2.16. The Morgan fingerprint density at radius 1 is 1.50 bits per heavy atom. The predicted octanol–water partition coefficient (Wildman–Crippen LogP) is 2.24. The molecule has 0 saturated carbocycles. The quantitative estimate of drug-likeness (QED) is 0.512. The van der Waals surface area contributed by atoms with Crippen LogP contribution in [-0.2, 0) is 4.74 Å². The first-order chi connectivity index (χ1) is 5.79. The van der Waals surface area contributed by atoms with Gasteiger partial charge in [0.15, 0.2) is 0 Å². The molecule has 0 saturated heterocycles. The van der Waals surface area contributed by atoms with Crippen LogP contribution in [0.2, 0.25) is 0 Å².